The number of nitrogens with one attached hydrogen (secondary N) is 1. The van der Waals surface area contributed by atoms with Crippen LogP contribution >= 0.6 is 22.9 Å². The third kappa shape index (κ3) is 1.79. The van der Waals surface area contributed by atoms with Gasteiger partial charge in [-0.05, 0) is 12.1 Å². The van der Waals surface area contributed by atoms with Gasteiger partial charge in [-0.25, -0.2) is 0 Å². The molecule has 0 radical (unpaired) electrons. The second-order valence-electron chi connectivity index (χ2n) is 2.41. The fraction of sp³-hybridized carbons (Fsp3) is 0. The number of rotatable bonds is 1. The average molecular weight is 213 g/mol. The van der Waals surface area contributed by atoms with Gasteiger partial charge in [0.15, 0.2) is 0 Å². The van der Waals surface area contributed by atoms with Crippen molar-refractivity contribution in [3.63, 3.8) is 0 Å². The van der Waals surface area contributed by atoms with Gasteiger partial charge in [-0.3, -0.25) is 9.78 Å². The Balaban J connectivity index is 2.52. The molecule has 0 unspecified atom stereocenters. The molecule has 1 N–H and O–H groups in total. The fourth-order valence-electron chi connectivity index (χ4n) is 0.961. The Hall–Kier alpha value is -1.13. The first-order valence-electron chi connectivity index (χ1n) is 3.56. The van der Waals surface area contributed by atoms with Crippen LogP contribution in [0, 0.1) is 0 Å². The van der Waals surface area contributed by atoms with Gasteiger partial charge in [0.05, 0.1) is 27.3 Å². The van der Waals surface area contributed by atoms with E-state index in [9.17, 15) is 4.79 Å². The van der Waals surface area contributed by atoms with E-state index in [4.69, 9.17) is 11.6 Å². The molecule has 2 heterocycles. The second kappa shape index (κ2) is 3.32. The van der Waals surface area contributed by atoms with Crippen LogP contribution in [0.25, 0.3) is 10.6 Å². The highest BCUT2D eigenvalue weighted by Gasteiger charge is 2.01. The maximum atomic E-state index is 10.9. The summed E-state index contributed by atoms with van der Waals surface area (Å²) in [4.78, 5) is 18.3. The lowest BCUT2D eigenvalue weighted by Crippen LogP contribution is -2.04. The number of aromatic nitrogens is 2. The smallest absolute Gasteiger partial charge is 0.266 e. The van der Waals surface area contributed by atoms with Gasteiger partial charge in [0.1, 0.15) is 0 Å². The number of aromatic amines is 1. The quantitative estimate of drug-likeness (QED) is 0.788. The Bertz CT molecular complexity index is 477. The van der Waals surface area contributed by atoms with E-state index in [0.717, 1.165) is 4.88 Å². The molecule has 0 atom stereocenters. The molecule has 0 saturated carbocycles. The molecule has 5 heteroatoms. The molecular formula is C8H5ClN2OS. The van der Waals surface area contributed by atoms with E-state index >= 15 is 0 Å². The Kier molecular flexibility index (Phi) is 2.16. The largest absolute Gasteiger partial charge is 0.319 e. The molecule has 2 rings (SSSR count). The maximum absolute atomic E-state index is 10.9. The lowest BCUT2D eigenvalue weighted by Gasteiger charge is -1.93. The number of H-pyrrole nitrogens is 1. The molecule has 0 saturated heterocycles. The van der Waals surface area contributed by atoms with Gasteiger partial charge < -0.3 is 4.98 Å². The van der Waals surface area contributed by atoms with Crippen LogP contribution in [-0.4, -0.2) is 9.97 Å². The van der Waals surface area contributed by atoms with Gasteiger partial charge in [0.25, 0.3) is 5.56 Å². The van der Waals surface area contributed by atoms with Crippen LogP contribution in [0.3, 0.4) is 0 Å². The number of nitrogens with zero attached hydrogens (tertiary/aromatic N) is 1. The van der Waals surface area contributed by atoms with Crippen molar-refractivity contribution in [2.24, 2.45) is 0 Å². The van der Waals surface area contributed by atoms with Crippen molar-refractivity contribution in [2.45, 2.75) is 0 Å². The standard InChI is InChI=1S/C8H5ClN2OS/c9-7-2-1-6(13-7)5-3-10-4-8(12)11-5/h1-4H,(H,11,12). The Morgan fingerprint density at radius 3 is 2.85 bits per heavy atom. The SMILES string of the molecule is O=c1cncc(-c2ccc(Cl)s2)[nH]1. The summed E-state index contributed by atoms with van der Waals surface area (Å²) in [5, 5.41) is 0. The minimum absolute atomic E-state index is 0.206. The molecule has 0 spiro atoms. The summed E-state index contributed by atoms with van der Waals surface area (Å²) in [5.41, 5.74) is 0.492. The van der Waals surface area contributed by atoms with Crippen LogP contribution in [0.2, 0.25) is 4.34 Å². The minimum Gasteiger partial charge on any atom is -0.319 e. The predicted octanol–water partition coefficient (Wildman–Crippen LogP) is 2.15. The first-order valence-corrected chi connectivity index (χ1v) is 4.75. The van der Waals surface area contributed by atoms with Crippen LogP contribution in [0.5, 0.6) is 0 Å². The Morgan fingerprint density at radius 2 is 2.23 bits per heavy atom. The molecule has 0 aliphatic rings. The molecule has 0 aliphatic heterocycles. The molecule has 2 aromatic heterocycles. The molecule has 0 fully saturated rings. The minimum atomic E-state index is -0.206. The van der Waals surface area contributed by atoms with E-state index < -0.39 is 0 Å². The van der Waals surface area contributed by atoms with Crippen LogP contribution in [-0.2, 0) is 0 Å². The number of hydrogen-bond acceptors (Lipinski definition) is 3. The highest BCUT2D eigenvalue weighted by Crippen LogP contribution is 2.28. The van der Waals surface area contributed by atoms with E-state index in [2.05, 4.69) is 9.97 Å². The summed E-state index contributed by atoms with van der Waals surface area (Å²) >= 11 is 7.16. The summed E-state index contributed by atoms with van der Waals surface area (Å²) in [6.45, 7) is 0. The van der Waals surface area contributed by atoms with Gasteiger partial charge in [0, 0.05) is 0 Å². The zero-order chi connectivity index (χ0) is 9.26. The van der Waals surface area contributed by atoms with Crippen LogP contribution < -0.4 is 5.56 Å². The van der Waals surface area contributed by atoms with E-state index in [1.165, 1.54) is 17.5 Å². The lowest BCUT2D eigenvalue weighted by atomic mass is 10.4. The highest BCUT2D eigenvalue weighted by molar-refractivity contribution is 7.19. The van der Waals surface area contributed by atoms with Crippen molar-refractivity contribution in [1.82, 2.24) is 9.97 Å². The molecule has 2 aromatic rings. The predicted molar refractivity (Wildman–Crippen MR) is 53.2 cm³/mol. The molecule has 0 bridgehead atoms. The topological polar surface area (TPSA) is 45.8 Å². The van der Waals surface area contributed by atoms with E-state index in [-0.39, 0.29) is 5.56 Å². The van der Waals surface area contributed by atoms with Crippen molar-refractivity contribution in [3.05, 3.63) is 39.2 Å². The molecule has 3 nitrogen and oxygen atoms in total. The summed E-state index contributed by atoms with van der Waals surface area (Å²) in [6, 6.07) is 3.63. The summed E-state index contributed by atoms with van der Waals surface area (Å²) in [5.74, 6) is 0. The first kappa shape index (κ1) is 8.47. The summed E-state index contributed by atoms with van der Waals surface area (Å²) < 4.78 is 0.694. The first-order chi connectivity index (χ1) is 6.25. The zero-order valence-corrected chi connectivity index (χ0v) is 8.02. The van der Waals surface area contributed by atoms with Crippen molar-refractivity contribution < 1.29 is 0 Å². The third-order valence-corrected chi connectivity index (χ3v) is 2.76. The Labute approximate surface area is 83.0 Å². The van der Waals surface area contributed by atoms with Gasteiger partial charge >= 0.3 is 0 Å². The lowest BCUT2D eigenvalue weighted by molar-refractivity contribution is 1.15. The van der Waals surface area contributed by atoms with Crippen molar-refractivity contribution >= 4 is 22.9 Å². The number of thiophene rings is 1. The highest BCUT2D eigenvalue weighted by atomic mass is 35.5. The molecule has 13 heavy (non-hydrogen) atoms. The molecule has 0 aliphatic carbocycles. The van der Waals surface area contributed by atoms with E-state index in [0.29, 0.717) is 10.0 Å². The van der Waals surface area contributed by atoms with Gasteiger partial charge in [-0.2, -0.15) is 0 Å². The van der Waals surface area contributed by atoms with Crippen LogP contribution in [0.1, 0.15) is 0 Å². The molecular weight excluding hydrogens is 208 g/mol. The summed E-state index contributed by atoms with van der Waals surface area (Å²) in [7, 11) is 0. The van der Waals surface area contributed by atoms with Crippen LogP contribution in [0.4, 0.5) is 0 Å². The van der Waals surface area contributed by atoms with E-state index in [1.54, 1.807) is 12.3 Å². The monoisotopic (exact) mass is 212 g/mol. The second-order valence-corrected chi connectivity index (χ2v) is 4.13. The molecule has 66 valence electrons. The van der Waals surface area contributed by atoms with Crippen molar-refractivity contribution in [1.29, 1.82) is 0 Å². The average Bonchev–Trinajstić information content (AvgIpc) is 2.52. The normalized spacial score (nSPS) is 10.2. The zero-order valence-electron chi connectivity index (χ0n) is 6.45. The number of hydrogen-bond donors (Lipinski definition) is 1. The van der Waals surface area contributed by atoms with Crippen molar-refractivity contribution in [2.75, 3.05) is 0 Å². The summed E-state index contributed by atoms with van der Waals surface area (Å²) in [6.07, 6.45) is 2.84. The van der Waals surface area contributed by atoms with Gasteiger partial charge in [0.2, 0.25) is 0 Å². The third-order valence-electron chi connectivity index (χ3n) is 1.49. The number of halogens is 1. The fourth-order valence-corrected chi connectivity index (χ4v) is 1.97. The maximum Gasteiger partial charge on any atom is 0.266 e. The van der Waals surface area contributed by atoms with Gasteiger partial charge in [-0.15, -0.1) is 11.3 Å². The van der Waals surface area contributed by atoms with Crippen molar-refractivity contribution in [3.8, 4) is 10.6 Å². The van der Waals surface area contributed by atoms with E-state index in [1.807, 2.05) is 6.07 Å². The molecule has 0 aromatic carbocycles. The van der Waals surface area contributed by atoms with Crippen LogP contribution in [0.15, 0.2) is 29.3 Å². The van der Waals surface area contributed by atoms with Gasteiger partial charge in [-0.1, -0.05) is 11.6 Å². The molecule has 0 amide bonds. The Morgan fingerprint density at radius 1 is 1.38 bits per heavy atom.